The maximum Gasteiger partial charge on any atom is 0.213 e. The van der Waals surface area contributed by atoms with Gasteiger partial charge in [-0.1, -0.05) is 12.1 Å². The van der Waals surface area contributed by atoms with Crippen LogP contribution < -0.4 is 20.1 Å². The van der Waals surface area contributed by atoms with Crippen molar-refractivity contribution in [2.45, 2.75) is 19.9 Å². The molecule has 2 heterocycles. The number of para-hydroxylation sites is 2. The van der Waals surface area contributed by atoms with Crippen LogP contribution in [0.15, 0.2) is 84.0 Å². The molecule has 5 rings (SSSR count). The van der Waals surface area contributed by atoms with Gasteiger partial charge in [0.25, 0.3) is 0 Å². The molecular formula is C28H27N5O2. The highest BCUT2D eigenvalue weighted by Crippen LogP contribution is 2.30. The summed E-state index contributed by atoms with van der Waals surface area (Å²) in [6, 6.07) is 24.1. The van der Waals surface area contributed by atoms with E-state index in [1.807, 2.05) is 60.8 Å². The number of fused-ring (bicyclic) bond motifs is 2. The van der Waals surface area contributed by atoms with Crippen LogP contribution in [0.25, 0.3) is 28.1 Å². The lowest BCUT2D eigenvalue weighted by molar-refractivity contribution is 0.398. The summed E-state index contributed by atoms with van der Waals surface area (Å²) in [6.45, 7) is 4.14. The standard InChI is InChI=1S/C28H27N5O2/c1-18(2)30-24-16-27-25(15-23(24)31-19-9-12-21(34-3)13-10-19)32-22-7-5-6-8-26(22)33(27)20-11-14-28(35-4)29-17-20/h5-18,31H,1-4H3. The Labute approximate surface area is 204 Å². The van der Waals surface area contributed by atoms with Crippen LogP contribution in [0.2, 0.25) is 0 Å². The van der Waals surface area contributed by atoms with Crippen LogP contribution in [0, 0.1) is 0 Å². The number of anilines is 2. The van der Waals surface area contributed by atoms with Crippen molar-refractivity contribution >= 4 is 22.4 Å². The molecule has 2 aliphatic rings. The van der Waals surface area contributed by atoms with E-state index in [1.165, 1.54) is 0 Å². The van der Waals surface area contributed by atoms with Crippen molar-refractivity contribution in [3.63, 3.8) is 0 Å². The van der Waals surface area contributed by atoms with Crippen LogP contribution >= 0.6 is 0 Å². The molecule has 0 fully saturated rings. The van der Waals surface area contributed by atoms with Crippen molar-refractivity contribution in [1.29, 1.82) is 0 Å². The molecule has 3 aromatic rings. The number of hydrogen-bond donors (Lipinski definition) is 1. The number of ether oxygens (including phenoxy) is 2. The molecule has 35 heavy (non-hydrogen) atoms. The van der Waals surface area contributed by atoms with E-state index in [0.717, 1.165) is 50.6 Å². The largest absolute Gasteiger partial charge is 0.497 e. The van der Waals surface area contributed by atoms with Gasteiger partial charge in [0.1, 0.15) is 5.75 Å². The summed E-state index contributed by atoms with van der Waals surface area (Å²) in [5.74, 6) is 1.38. The summed E-state index contributed by atoms with van der Waals surface area (Å²) in [5.41, 5.74) is 6.41. The Hall–Kier alpha value is -4.39. The van der Waals surface area contributed by atoms with E-state index in [0.29, 0.717) is 5.88 Å². The number of nitrogens with one attached hydrogen (secondary N) is 1. The van der Waals surface area contributed by atoms with Gasteiger partial charge >= 0.3 is 0 Å². The molecule has 0 radical (unpaired) electrons. The van der Waals surface area contributed by atoms with Gasteiger partial charge in [0.15, 0.2) is 0 Å². The minimum atomic E-state index is 0.119. The molecule has 0 saturated carbocycles. The summed E-state index contributed by atoms with van der Waals surface area (Å²) in [4.78, 5) is 14.3. The lowest BCUT2D eigenvalue weighted by Gasteiger charge is -2.20. The average molecular weight is 466 g/mol. The second-order valence-corrected chi connectivity index (χ2v) is 8.43. The van der Waals surface area contributed by atoms with E-state index in [-0.39, 0.29) is 6.04 Å². The number of benzene rings is 3. The fraction of sp³-hybridized carbons (Fsp3) is 0.179. The molecule has 7 nitrogen and oxygen atoms in total. The summed E-state index contributed by atoms with van der Waals surface area (Å²) < 4.78 is 12.7. The zero-order valence-electron chi connectivity index (χ0n) is 20.2. The molecule has 1 aromatic heterocycles. The lowest BCUT2D eigenvalue weighted by Crippen LogP contribution is -2.16. The highest BCUT2D eigenvalue weighted by Gasteiger charge is 2.17. The van der Waals surface area contributed by atoms with Crippen LogP contribution in [0.3, 0.4) is 0 Å². The van der Waals surface area contributed by atoms with Gasteiger partial charge in [-0.25, -0.2) is 9.97 Å². The third-order valence-corrected chi connectivity index (χ3v) is 5.65. The van der Waals surface area contributed by atoms with Crippen molar-refractivity contribution in [1.82, 2.24) is 14.5 Å². The van der Waals surface area contributed by atoms with E-state index in [2.05, 4.69) is 46.9 Å². The molecule has 1 aliphatic carbocycles. The molecule has 0 spiro atoms. The van der Waals surface area contributed by atoms with Crippen molar-refractivity contribution in [2.75, 3.05) is 19.5 Å². The minimum Gasteiger partial charge on any atom is -0.497 e. The predicted octanol–water partition coefficient (Wildman–Crippen LogP) is 5.60. The van der Waals surface area contributed by atoms with Crippen LogP contribution in [0.4, 0.5) is 11.4 Å². The van der Waals surface area contributed by atoms with E-state index in [9.17, 15) is 0 Å². The van der Waals surface area contributed by atoms with Crippen molar-refractivity contribution in [3.05, 3.63) is 84.4 Å². The van der Waals surface area contributed by atoms with Gasteiger partial charge in [0, 0.05) is 17.8 Å². The first-order valence-corrected chi connectivity index (χ1v) is 11.5. The molecule has 0 amide bonds. The van der Waals surface area contributed by atoms with Crippen molar-refractivity contribution in [3.8, 4) is 28.7 Å². The van der Waals surface area contributed by atoms with Crippen LogP contribution in [-0.4, -0.2) is 34.8 Å². The molecule has 1 N–H and O–H groups in total. The first-order chi connectivity index (χ1) is 17.1. The predicted molar refractivity (Wildman–Crippen MR) is 139 cm³/mol. The van der Waals surface area contributed by atoms with Crippen molar-refractivity contribution < 1.29 is 9.47 Å². The van der Waals surface area contributed by atoms with Crippen molar-refractivity contribution in [2.24, 2.45) is 4.99 Å². The van der Waals surface area contributed by atoms with Gasteiger partial charge < -0.3 is 19.4 Å². The molecule has 1 aliphatic heterocycles. The molecule has 0 bridgehead atoms. The van der Waals surface area contributed by atoms with Crippen LogP contribution in [0.1, 0.15) is 13.8 Å². The Morgan fingerprint density at radius 3 is 2.40 bits per heavy atom. The number of methoxy groups -OCH3 is 2. The molecule has 0 unspecified atom stereocenters. The van der Waals surface area contributed by atoms with Gasteiger partial charge in [-0.3, -0.25) is 4.99 Å². The second-order valence-electron chi connectivity index (χ2n) is 8.43. The Bertz CT molecular complexity index is 1510. The molecule has 0 atom stereocenters. The fourth-order valence-electron chi connectivity index (χ4n) is 4.06. The topological polar surface area (TPSA) is 73.6 Å². The zero-order valence-corrected chi connectivity index (χ0v) is 20.2. The minimum absolute atomic E-state index is 0.119. The van der Waals surface area contributed by atoms with E-state index < -0.39 is 0 Å². The van der Waals surface area contributed by atoms with Crippen LogP contribution in [-0.2, 0) is 0 Å². The summed E-state index contributed by atoms with van der Waals surface area (Å²) in [6.07, 6.45) is 1.81. The quantitative estimate of drug-likeness (QED) is 0.331. The Morgan fingerprint density at radius 2 is 1.71 bits per heavy atom. The van der Waals surface area contributed by atoms with Crippen LogP contribution in [0.5, 0.6) is 11.6 Å². The highest BCUT2D eigenvalue weighted by atomic mass is 16.5. The normalized spacial score (nSPS) is 11.9. The van der Waals surface area contributed by atoms with E-state index in [4.69, 9.17) is 19.5 Å². The first kappa shape index (κ1) is 22.4. The second kappa shape index (κ2) is 9.46. The first-order valence-electron chi connectivity index (χ1n) is 11.5. The number of rotatable bonds is 6. The number of aromatic nitrogens is 3. The molecular weight excluding hydrogens is 438 g/mol. The van der Waals surface area contributed by atoms with Gasteiger partial charge in [-0.15, -0.1) is 0 Å². The Balaban J connectivity index is 1.76. The molecule has 0 saturated heterocycles. The lowest BCUT2D eigenvalue weighted by atomic mass is 10.1. The molecule has 7 heteroatoms. The van der Waals surface area contributed by atoms with Gasteiger partial charge in [-0.05, 0) is 68.4 Å². The van der Waals surface area contributed by atoms with Gasteiger partial charge in [0.05, 0.1) is 59.6 Å². The Morgan fingerprint density at radius 1 is 0.914 bits per heavy atom. The molecule has 2 aromatic carbocycles. The third kappa shape index (κ3) is 4.53. The van der Waals surface area contributed by atoms with Gasteiger partial charge in [-0.2, -0.15) is 0 Å². The maximum atomic E-state index is 5.29. The average Bonchev–Trinajstić information content (AvgIpc) is 2.88. The van der Waals surface area contributed by atoms with E-state index >= 15 is 0 Å². The Kier molecular flexibility index (Phi) is 6.06. The third-order valence-electron chi connectivity index (χ3n) is 5.65. The number of pyridine rings is 1. The summed E-state index contributed by atoms with van der Waals surface area (Å²) in [5, 5.41) is 4.37. The SMILES string of the molecule is COc1ccc(Nc2cc3nc4ccccc4n(-c4ccc(OC)nc4)c-3cc2=NC(C)C)cc1. The van der Waals surface area contributed by atoms with E-state index in [1.54, 1.807) is 14.2 Å². The fourth-order valence-corrected chi connectivity index (χ4v) is 4.06. The summed E-state index contributed by atoms with van der Waals surface area (Å²) >= 11 is 0. The number of hydrogen-bond acceptors (Lipinski definition) is 6. The number of nitrogens with zero attached hydrogens (tertiary/aromatic N) is 4. The monoisotopic (exact) mass is 465 g/mol. The summed E-state index contributed by atoms with van der Waals surface area (Å²) in [7, 11) is 3.28. The van der Waals surface area contributed by atoms with Gasteiger partial charge in [0.2, 0.25) is 5.88 Å². The zero-order chi connectivity index (χ0) is 24.4. The highest BCUT2D eigenvalue weighted by molar-refractivity contribution is 5.84. The smallest absolute Gasteiger partial charge is 0.213 e. The molecule has 176 valence electrons. The maximum absolute atomic E-state index is 5.29.